The second kappa shape index (κ2) is 4.86. The van der Waals surface area contributed by atoms with Crippen LogP contribution in [-0.2, 0) is 4.74 Å². The first-order chi connectivity index (χ1) is 9.65. The fraction of sp³-hybridized carbons (Fsp3) is 0.385. The normalized spacial score (nSPS) is 26.2. The van der Waals surface area contributed by atoms with Crippen LogP contribution in [0.3, 0.4) is 0 Å². The summed E-state index contributed by atoms with van der Waals surface area (Å²) in [6, 6.07) is 0. The Balaban J connectivity index is 2.13. The van der Waals surface area contributed by atoms with Gasteiger partial charge in [0, 0.05) is 18.2 Å². The summed E-state index contributed by atoms with van der Waals surface area (Å²) >= 11 is 0. The molecule has 106 valence electrons. The molecule has 0 unspecified atom stereocenters. The first-order valence-electron chi connectivity index (χ1n) is 6.33. The molecular weight excluding hydrogens is 260 g/mol. The van der Waals surface area contributed by atoms with Gasteiger partial charge in [-0.3, -0.25) is 0 Å². The predicted molar refractivity (Wildman–Crippen MR) is 73.7 cm³/mol. The Morgan fingerprint density at radius 2 is 2.35 bits per heavy atom. The van der Waals surface area contributed by atoms with Crippen molar-refractivity contribution in [1.29, 1.82) is 0 Å². The van der Waals surface area contributed by atoms with Crippen LogP contribution in [0.25, 0.3) is 17.1 Å². The van der Waals surface area contributed by atoms with Crippen molar-refractivity contribution in [3.05, 3.63) is 24.7 Å². The first kappa shape index (κ1) is 13.0. The highest BCUT2D eigenvalue weighted by molar-refractivity contribution is 5.94. The van der Waals surface area contributed by atoms with Gasteiger partial charge in [-0.15, -0.1) is 0 Å². The van der Waals surface area contributed by atoms with E-state index in [1.807, 2.05) is 0 Å². The maximum atomic E-state index is 10.1. The van der Waals surface area contributed by atoms with E-state index in [2.05, 4.69) is 16.5 Å². The van der Waals surface area contributed by atoms with Crippen molar-refractivity contribution < 1.29 is 14.9 Å². The van der Waals surface area contributed by atoms with Gasteiger partial charge in [-0.1, -0.05) is 12.7 Å². The van der Waals surface area contributed by atoms with Crippen molar-refractivity contribution >= 4 is 22.9 Å². The number of nitrogens with two attached hydrogens (primary N) is 1. The summed E-state index contributed by atoms with van der Waals surface area (Å²) in [5.41, 5.74) is 7.23. The van der Waals surface area contributed by atoms with Crippen LogP contribution in [0.15, 0.2) is 19.1 Å². The van der Waals surface area contributed by atoms with Gasteiger partial charge in [-0.25, -0.2) is 9.97 Å². The highest BCUT2D eigenvalue weighted by Gasteiger charge is 2.36. The second-order valence-electron chi connectivity index (χ2n) is 4.79. The molecule has 7 nitrogen and oxygen atoms in total. The molecule has 7 heteroatoms. The molecule has 1 saturated heterocycles. The van der Waals surface area contributed by atoms with Crippen LogP contribution in [0, 0.1) is 0 Å². The molecule has 4 N–H and O–H groups in total. The summed E-state index contributed by atoms with van der Waals surface area (Å²) in [4.78, 5) is 8.18. The number of nitrogen functional groups attached to an aromatic ring is 1. The van der Waals surface area contributed by atoms with Gasteiger partial charge >= 0.3 is 0 Å². The molecule has 2 aromatic heterocycles. The maximum absolute atomic E-state index is 10.1. The molecule has 0 bridgehead atoms. The lowest BCUT2D eigenvalue weighted by atomic mass is 10.2. The molecule has 1 aliphatic heterocycles. The van der Waals surface area contributed by atoms with Crippen molar-refractivity contribution in [2.24, 2.45) is 0 Å². The van der Waals surface area contributed by atoms with Gasteiger partial charge in [-0.05, 0) is 0 Å². The number of aromatic nitrogens is 3. The van der Waals surface area contributed by atoms with E-state index in [4.69, 9.17) is 15.6 Å². The van der Waals surface area contributed by atoms with Gasteiger partial charge in [0.25, 0.3) is 0 Å². The van der Waals surface area contributed by atoms with Crippen molar-refractivity contribution in [2.45, 2.75) is 24.9 Å². The number of hydrogen-bond donors (Lipinski definition) is 3. The fourth-order valence-electron chi connectivity index (χ4n) is 2.58. The molecule has 0 aromatic carbocycles. The smallest absolute Gasteiger partial charge is 0.161 e. The monoisotopic (exact) mass is 276 g/mol. The lowest BCUT2D eigenvalue weighted by Crippen LogP contribution is -2.19. The Hall–Kier alpha value is -1.96. The molecule has 3 atom stereocenters. The number of ether oxygens (including phenoxy) is 1. The minimum absolute atomic E-state index is 0.127. The zero-order chi connectivity index (χ0) is 14.3. The molecular formula is C13H16N4O3. The molecule has 0 amide bonds. The molecule has 0 aliphatic carbocycles. The molecule has 0 spiro atoms. The minimum Gasteiger partial charge on any atom is -0.394 e. The Morgan fingerprint density at radius 1 is 1.55 bits per heavy atom. The standard InChI is InChI=1S/C13H16N4O3/c1-2-7-4-17(12-10(7)11(14)15-6-16-12)13-9(19)3-8(5-18)20-13/h2,4,6,8-9,13,18-19H,1,3,5H2,(H2,14,15,16)/t8-,9+,13+/m0/s1. The number of hydrogen-bond acceptors (Lipinski definition) is 6. The molecule has 20 heavy (non-hydrogen) atoms. The van der Waals surface area contributed by atoms with E-state index in [1.54, 1.807) is 16.8 Å². The first-order valence-corrected chi connectivity index (χ1v) is 6.33. The highest BCUT2D eigenvalue weighted by atomic mass is 16.5. The third-order valence-corrected chi connectivity index (χ3v) is 3.53. The molecule has 1 fully saturated rings. The number of aliphatic hydroxyl groups excluding tert-OH is 2. The third-order valence-electron chi connectivity index (χ3n) is 3.53. The van der Waals surface area contributed by atoms with Crippen molar-refractivity contribution in [3.8, 4) is 0 Å². The van der Waals surface area contributed by atoms with Gasteiger partial charge < -0.3 is 25.3 Å². The quantitative estimate of drug-likeness (QED) is 0.744. The molecule has 0 saturated carbocycles. The molecule has 3 heterocycles. The minimum atomic E-state index is -0.711. The topological polar surface area (TPSA) is 106 Å². The second-order valence-corrected chi connectivity index (χ2v) is 4.79. The fourth-order valence-corrected chi connectivity index (χ4v) is 2.58. The number of rotatable bonds is 3. The zero-order valence-corrected chi connectivity index (χ0v) is 10.8. The lowest BCUT2D eigenvalue weighted by molar-refractivity contribution is -0.0484. The number of aliphatic hydroxyl groups is 2. The molecule has 2 aromatic rings. The van der Waals surface area contributed by atoms with E-state index >= 15 is 0 Å². The Bertz CT molecular complexity index is 654. The summed E-state index contributed by atoms with van der Waals surface area (Å²) in [5.74, 6) is 0.356. The molecule has 0 radical (unpaired) electrons. The summed E-state index contributed by atoms with van der Waals surface area (Å²) in [5, 5.41) is 19.9. The van der Waals surface area contributed by atoms with Crippen molar-refractivity contribution in [3.63, 3.8) is 0 Å². The third kappa shape index (κ3) is 1.87. The number of anilines is 1. The summed E-state index contributed by atoms with van der Waals surface area (Å²) in [7, 11) is 0. The van der Waals surface area contributed by atoms with E-state index < -0.39 is 12.3 Å². The molecule has 3 rings (SSSR count). The zero-order valence-electron chi connectivity index (χ0n) is 10.8. The average Bonchev–Trinajstić information content (AvgIpc) is 3.00. The SMILES string of the molecule is C=Cc1cn([C@@H]2O[C@H](CO)C[C@H]2O)c2ncnc(N)c12. The van der Waals surface area contributed by atoms with Crippen molar-refractivity contribution in [2.75, 3.05) is 12.3 Å². The van der Waals surface area contributed by atoms with E-state index in [-0.39, 0.29) is 12.7 Å². The van der Waals surface area contributed by atoms with Crippen molar-refractivity contribution in [1.82, 2.24) is 14.5 Å². The van der Waals surface area contributed by atoms with Crippen LogP contribution in [-0.4, -0.2) is 43.6 Å². The largest absolute Gasteiger partial charge is 0.394 e. The van der Waals surface area contributed by atoms with Crippen LogP contribution in [0.1, 0.15) is 18.2 Å². The van der Waals surface area contributed by atoms with Gasteiger partial charge in [0.05, 0.1) is 18.1 Å². The van der Waals surface area contributed by atoms with Crippen LogP contribution in [0.5, 0.6) is 0 Å². The highest BCUT2D eigenvalue weighted by Crippen LogP contribution is 2.34. The lowest BCUT2D eigenvalue weighted by Gasteiger charge is -2.17. The number of fused-ring (bicyclic) bond motifs is 1. The average molecular weight is 276 g/mol. The van der Waals surface area contributed by atoms with E-state index in [1.165, 1.54) is 6.33 Å². The summed E-state index contributed by atoms with van der Waals surface area (Å²) in [6.45, 7) is 3.62. The Morgan fingerprint density at radius 3 is 3.00 bits per heavy atom. The summed E-state index contributed by atoms with van der Waals surface area (Å²) in [6.07, 6.45) is 3.49. The Kier molecular flexibility index (Phi) is 3.17. The van der Waals surface area contributed by atoms with E-state index in [9.17, 15) is 5.11 Å². The maximum Gasteiger partial charge on any atom is 0.161 e. The van der Waals surface area contributed by atoms with Crippen LogP contribution in [0.4, 0.5) is 5.82 Å². The van der Waals surface area contributed by atoms with Gasteiger partial charge in [-0.2, -0.15) is 0 Å². The predicted octanol–water partition coefficient (Wildman–Crippen LogP) is 0.297. The van der Waals surface area contributed by atoms with E-state index in [0.717, 1.165) is 5.56 Å². The van der Waals surface area contributed by atoms with Crippen LogP contribution >= 0.6 is 0 Å². The van der Waals surface area contributed by atoms with Gasteiger partial charge in [0.1, 0.15) is 23.9 Å². The van der Waals surface area contributed by atoms with Gasteiger partial charge in [0.15, 0.2) is 6.23 Å². The van der Waals surface area contributed by atoms with Crippen LogP contribution < -0.4 is 5.73 Å². The summed E-state index contributed by atoms with van der Waals surface area (Å²) < 4.78 is 7.36. The molecule has 1 aliphatic rings. The van der Waals surface area contributed by atoms with Crippen LogP contribution in [0.2, 0.25) is 0 Å². The number of nitrogens with zero attached hydrogens (tertiary/aromatic N) is 3. The Labute approximate surface area is 115 Å². The van der Waals surface area contributed by atoms with Gasteiger partial charge in [0.2, 0.25) is 0 Å². The van der Waals surface area contributed by atoms with E-state index in [0.29, 0.717) is 23.3 Å².